The predicted octanol–water partition coefficient (Wildman–Crippen LogP) is 4.56. The van der Waals surface area contributed by atoms with Gasteiger partial charge in [-0.25, -0.2) is 0 Å². The van der Waals surface area contributed by atoms with Crippen LogP contribution in [0.3, 0.4) is 0 Å². The highest BCUT2D eigenvalue weighted by Crippen LogP contribution is 2.19. The van der Waals surface area contributed by atoms with Crippen molar-refractivity contribution in [2.24, 2.45) is 5.92 Å². The van der Waals surface area contributed by atoms with Gasteiger partial charge in [0.2, 0.25) is 0 Å². The van der Waals surface area contributed by atoms with Gasteiger partial charge in [0.1, 0.15) is 0 Å². The summed E-state index contributed by atoms with van der Waals surface area (Å²) in [6.45, 7) is 4.91. The van der Waals surface area contributed by atoms with Gasteiger partial charge in [-0.3, -0.25) is 9.59 Å². The van der Waals surface area contributed by atoms with Gasteiger partial charge in [0.15, 0.2) is 0 Å². The second kappa shape index (κ2) is 13.9. The Labute approximate surface area is 129 Å². The lowest BCUT2D eigenvalue weighted by Crippen LogP contribution is -2.10. The van der Waals surface area contributed by atoms with Crippen LogP contribution < -0.4 is 0 Å². The van der Waals surface area contributed by atoms with E-state index in [-0.39, 0.29) is 12.4 Å². The Morgan fingerprint density at radius 3 is 2.00 bits per heavy atom. The summed E-state index contributed by atoms with van der Waals surface area (Å²) in [5.41, 5.74) is 0. The summed E-state index contributed by atoms with van der Waals surface area (Å²) in [5.74, 6) is -0.326. The van der Waals surface area contributed by atoms with Gasteiger partial charge in [-0.15, -0.1) is 0 Å². The topological polar surface area (TPSA) is 63.6 Å². The molecule has 0 heterocycles. The second-order valence-electron chi connectivity index (χ2n) is 5.76. The first-order chi connectivity index (χ1) is 10.1. The number of hydrogen-bond donors (Lipinski definition) is 1. The van der Waals surface area contributed by atoms with Crippen molar-refractivity contribution < 1.29 is 19.4 Å². The van der Waals surface area contributed by atoms with Crippen molar-refractivity contribution in [3.05, 3.63) is 0 Å². The Kier molecular flexibility index (Phi) is 13.2. The van der Waals surface area contributed by atoms with Crippen LogP contribution in [0.15, 0.2) is 0 Å². The van der Waals surface area contributed by atoms with Crippen molar-refractivity contribution in [3.63, 3.8) is 0 Å². The van der Waals surface area contributed by atoms with Gasteiger partial charge in [-0.2, -0.15) is 0 Å². The fraction of sp³-hybridized carbons (Fsp3) is 0.882. The summed E-state index contributed by atoms with van der Waals surface area (Å²) in [6.07, 6.45) is 9.94. The zero-order valence-electron chi connectivity index (χ0n) is 13.7. The van der Waals surface area contributed by atoms with E-state index < -0.39 is 5.97 Å². The van der Waals surface area contributed by atoms with Crippen LogP contribution in [0.2, 0.25) is 0 Å². The fourth-order valence-corrected chi connectivity index (χ4v) is 2.38. The molecule has 0 aliphatic heterocycles. The van der Waals surface area contributed by atoms with Crippen LogP contribution in [0.4, 0.5) is 0 Å². The van der Waals surface area contributed by atoms with E-state index in [0.717, 1.165) is 6.42 Å². The maximum Gasteiger partial charge on any atom is 0.305 e. The first-order valence-corrected chi connectivity index (χ1v) is 8.47. The number of hydrogen-bond acceptors (Lipinski definition) is 3. The second-order valence-corrected chi connectivity index (χ2v) is 5.76. The summed E-state index contributed by atoms with van der Waals surface area (Å²) < 4.78 is 5.25. The van der Waals surface area contributed by atoms with E-state index >= 15 is 0 Å². The van der Waals surface area contributed by atoms with Gasteiger partial charge in [0, 0.05) is 12.8 Å². The minimum atomic E-state index is -0.807. The molecule has 0 aliphatic rings. The number of carbonyl (C=O) groups excluding carboxylic acids is 1. The lowest BCUT2D eigenvalue weighted by atomic mass is 9.93. The van der Waals surface area contributed by atoms with Gasteiger partial charge in [0.05, 0.1) is 6.61 Å². The molecule has 124 valence electrons. The molecule has 0 aromatic rings. The molecule has 1 N–H and O–H groups in total. The van der Waals surface area contributed by atoms with E-state index in [9.17, 15) is 9.59 Å². The molecule has 4 nitrogen and oxygen atoms in total. The summed E-state index contributed by atoms with van der Waals surface area (Å²) in [5, 5.41) is 8.51. The van der Waals surface area contributed by atoms with Crippen LogP contribution in [0.25, 0.3) is 0 Å². The first kappa shape index (κ1) is 19.9. The molecule has 0 aromatic heterocycles. The average Bonchev–Trinajstić information content (AvgIpc) is 2.45. The van der Waals surface area contributed by atoms with E-state index in [0.29, 0.717) is 31.8 Å². The minimum Gasteiger partial charge on any atom is -0.481 e. The van der Waals surface area contributed by atoms with Gasteiger partial charge < -0.3 is 9.84 Å². The molecule has 0 amide bonds. The smallest absolute Gasteiger partial charge is 0.305 e. The Bertz CT molecular complexity index is 268. The molecule has 0 fully saturated rings. The lowest BCUT2D eigenvalue weighted by Gasteiger charge is -2.16. The van der Waals surface area contributed by atoms with Crippen molar-refractivity contribution >= 4 is 11.9 Å². The van der Waals surface area contributed by atoms with Crippen LogP contribution in [0, 0.1) is 5.92 Å². The van der Waals surface area contributed by atoms with Crippen LogP contribution >= 0.6 is 0 Å². The van der Waals surface area contributed by atoms with E-state index in [2.05, 4.69) is 13.8 Å². The molecule has 0 saturated carbocycles. The number of carboxylic acids is 1. The van der Waals surface area contributed by atoms with Crippen molar-refractivity contribution in [1.82, 2.24) is 0 Å². The maximum atomic E-state index is 11.5. The van der Waals surface area contributed by atoms with Gasteiger partial charge >= 0.3 is 11.9 Å². The Hall–Kier alpha value is -1.06. The quantitative estimate of drug-likeness (QED) is 0.377. The Morgan fingerprint density at radius 2 is 1.48 bits per heavy atom. The summed E-state index contributed by atoms with van der Waals surface area (Å²) in [4.78, 5) is 21.9. The highest BCUT2D eigenvalue weighted by molar-refractivity contribution is 5.69. The van der Waals surface area contributed by atoms with Crippen molar-refractivity contribution in [3.8, 4) is 0 Å². The first-order valence-electron chi connectivity index (χ1n) is 8.47. The number of carbonyl (C=O) groups is 2. The van der Waals surface area contributed by atoms with Crippen molar-refractivity contribution in [2.75, 3.05) is 6.61 Å². The molecule has 0 saturated heterocycles. The summed E-state index contributed by atoms with van der Waals surface area (Å²) in [6, 6.07) is 0. The minimum absolute atomic E-state index is 0.128. The zero-order valence-corrected chi connectivity index (χ0v) is 13.7. The lowest BCUT2D eigenvalue weighted by molar-refractivity contribution is -0.144. The van der Waals surface area contributed by atoms with Gasteiger partial charge in [-0.1, -0.05) is 52.4 Å². The molecule has 0 unspecified atom stereocenters. The number of aliphatic carboxylic acids is 1. The molecule has 0 aromatic carbocycles. The molecule has 0 radical (unpaired) electrons. The van der Waals surface area contributed by atoms with Crippen LogP contribution in [0.1, 0.15) is 84.5 Å². The van der Waals surface area contributed by atoms with Crippen molar-refractivity contribution in [2.45, 2.75) is 84.5 Å². The third-order valence-electron chi connectivity index (χ3n) is 3.74. The Morgan fingerprint density at radius 1 is 0.905 bits per heavy atom. The summed E-state index contributed by atoms with van der Waals surface area (Å²) >= 11 is 0. The molecule has 21 heavy (non-hydrogen) atoms. The Balaban J connectivity index is 3.70. The zero-order chi connectivity index (χ0) is 15.9. The van der Waals surface area contributed by atoms with E-state index in [1.807, 2.05) is 0 Å². The van der Waals surface area contributed by atoms with E-state index in [1.165, 1.54) is 38.5 Å². The fourth-order valence-electron chi connectivity index (χ4n) is 2.38. The largest absolute Gasteiger partial charge is 0.481 e. The highest BCUT2D eigenvalue weighted by atomic mass is 16.5. The number of unbranched alkanes of at least 4 members (excludes halogenated alkanes) is 3. The highest BCUT2D eigenvalue weighted by Gasteiger charge is 2.10. The third kappa shape index (κ3) is 13.7. The third-order valence-corrected chi connectivity index (χ3v) is 3.74. The number of ether oxygens (including phenoxy) is 1. The molecule has 0 aliphatic carbocycles. The van der Waals surface area contributed by atoms with Crippen LogP contribution in [-0.4, -0.2) is 23.7 Å². The molecular weight excluding hydrogens is 268 g/mol. The summed E-state index contributed by atoms with van der Waals surface area (Å²) in [7, 11) is 0. The number of rotatable bonds is 14. The standard InChI is InChI=1S/C17H32O4/c1-3-5-9-15(10-6-4-2)13-14-21-17(20)12-8-7-11-16(18)19/h15H,3-14H2,1-2H3,(H,18,19). The average molecular weight is 300 g/mol. The van der Waals surface area contributed by atoms with E-state index in [1.54, 1.807) is 0 Å². The van der Waals surface area contributed by atoms with Gasteiger partial charge in [0.25, 0.3) is 0 Å². The van der Waals surface area contributed by atoms with Gasteiger partial charge in [-0.05, 0) is 25.2 Å². The van der Waals surface area contributed by atoms with E-state index in [4.69, 9.17) is 9.84 Å². The predicted molar refractivity (Wildman–Crippen MR) is 84.2 cm³/mol. The number of esters is 1. The molecule has 4 heteroatoms. The maximum absolute atomic E-state index is 11.5. The van der Waals surface area contributed by atoms with Crippen LogP contribution in [-0.2, 0) is 14.3 Å². The molecule has 0 atom stereocenters. The van der Waals surface area contributed by atoms with Crippen LogP contribution in [0.5, 0.6) is 0 Å². The molecule has 0 spiro atoms. The molecule has 0 rings (SSSR count). The monoisotopic (exact) mass is 300 g/mol. The van der Waals surface area contributed by atoms with Crippen molar-refractivity contribution in [1.29, 1.82) is 0 Å². The molecular formula is C17H32O4. The normalized spacial score (nSPS) is 10.8. The number of carboxylic acid groups (broad SMARTS) is 1. The molecule has 0 bridgehead atoms. The SMILES string of the molecule is CCCCC(CCCC)CCOC(=O)CCCCC(=O)O.